The number of nitrogens with zero attached hydrogens (tertiary/aromatic N) is 3. The third kappa shape index (κ3) is 6.58. The molecule has 0 saturated carbocycles. The molecule has 3 amide bonds. The second-order valence-electron chi connectivity index (χ2n) is 9.46. The number of benzene rings is 3. The van der Waals surface area contributed by atoms with Gasteiger partial charge in [0.25, 0.3) is 5.91 Å². The van der Waals surface area contributed by atoms with Gasteiger partial charge in [0, 0.05) is 36.1 Å². The number of piperazine rings is 1. The van der Waals surface area contributed by atoms with Crippen LogP contribution >= 0.6 is 0 Å². The minimum absolute atomic E-state index is 0.0355. The summed E-state index contributed by atoms with van der Waals surface area (Å²) in [6.07, 6.45) is -4.57. The van der Waals surface area contributed by atoms with E-state index in [4.69, 9.17) is 5.21 Å². The molecule has 39 heavy (non-hydrogen) atoms. The summed E-state index contributed by atoms with van der Waals surface area (Å²) >= 11 is 0. The topological polar surface area (TPSA) is 76.1 Å². The molecule has 4 rings (SSSR count). The molecule has 3 aromatic carbocycles. The summed E-state index contributed by atoms with van der Waals surface area (Å²) < 4.78 is 40.5. The van der Waals surface area contributed by atoms with Gasteiger partial charge >= 0.3 is 12.2 Å². The van der Waals surface area contributed by atoms with Crippen LogP contribution in [0.3, 0.4) is 0 Å². The van der Waals surface area contributed by atoms with Crippen LogP contribution in [0, 0.1) is 0 Å². The maximum Gasteiger partial charge on any atom is 0.416 e. The molecule has 1 saturated heterocycles. The summed E-state index contributed by atoms with van der Waals surface area (Å²) in [6.45, 7) is 7.33. The number of anilines is 1. The van der Waals surface area contributed by atoms with Crippen molar-refractivity contribution in [3.8, 4) is 0 Å². The average molecular weight is 539 g/mol. The second-order valence-corrected chi connectivity index (χ2v) is 9.46. The van der Waals surface area contributed by atoms with Crippen LogP contribution in [0.25, 0.3) is 0 Å². The van der Waals surface area contributed by atoms with Crippen LogP contribution < -0.4 is 10.4 Å². The highest BCUT2D eigenvalue weighted by Gasteiger charge is 2.34. The standard InChI is InChI=1S/C29H29F3N4O3/c1-20-16-34(17-21(2)35(20)18-22-7-4-3-5-8-22)28(38)36(26-10-6-9-25(15-26)29(30,31)32)19-23-11-13-24(14-12-23)27(37)33-39/h3-15,21,39H,1,16-19H2,2H3,(H,33,37)/t21-/m0/s1. The first kappa shape index (κ1) is 27.7. The molecule has 1 heterocycles. The minimum atomic E-state index is -4.57. The van der Waals surface area contributed by atoms with Gasteiger partial charge in [-0.3, -0.25) is 14.9 Å². The fourth-order valence-electron chi connectivity index (χ4n) is 4.60. The number of hydroxylamine groups is 1. The van der Waals surface area contributed by atoms with Gasteiger partial charge in [0.05, 0.1) is 18.7 Å². The highest BCUT2D eigenvalue weighted by Crippen LogP contribution is 2.33. The van der Waals surface area contributed by atoms with Crippen molar-refractivity contribution in [1.29, 1.82) is 0 Å². The van der Waals surface area contributed by atoms with Crippen molar-refractivity contribution in [2.45, 2.75) is 32.2 Å². The van der Waals surface area contributed by atoms with E-state index in [1.165, 1.54) is 29.2 Å². The molecule has 0 aromatic heterocycles. The van der Waals surface area contributed by atoms with Crippen molar-refractivity contribution in [2.24, 2.45) is 0 Å². The molecule has 1 fully saturated rings. The van der Waals surface area contributed by atoms with E-state index in [1.54, 1.807) is 22.5 Å². The average Bonchev–Trinajstić information content (AvgIpc) is 2.93. The highest BCUT2D eigenvalue weighted by atomic mass is 19.4. The van der Waals surface area contributed by atoms with Crippen LogP contribution in [0.1, 0.15) is 34.0 Å². The zero-order valence-electron chi connectivity index (χ0n) is 21.4. The molecule has 1 aliphatic rings. The third-order valence-corrected chi connectivity index (χ3v) is 6.64. The van der Waals surface area contributed by atoms with Crippen LogP contribution in [-0.4, -0.2) is 46.1 Å². The van der Waals surface area contributed by atoms with Crippen molar-refractivity contribution in [2.75, 3.05) is 18.0 Å². The van der Waals surface area contributed by atoms with E-state index in [0.717, 1.165) is 23.4 Å². The number of urea groups is 1. The van der Waals surface area contributed by atoms with Gasteiger partial charge in [0.15, 0.2) is 0 Å². The lowest BCUT2D eigenvalue weighted by atomic mass is 10.1. The van der Waals surface area contributed by atoms with Gasteiger partial charge in [-0.15, -0.1) is 0 Å². The molecular weight excluding hydrogens is 509 g/mol. The number of alkyl halides is 3. The van der Waals surface area contributed by atoms with Crippen molar-refractivity contribution in [1.82, 2.24) is 15.3 Å². The lowest BCUT2D eigenvalue weighted by Crippen LogP contribution is -2.55. The Labute approximate surface area is 224 Å². The van der Waals surface area contributed by atoms with E-state index in [9.17, 15) is 22.8 Å². The SMILES string of the molecule is C=C1CN(C(=O)N(Cc2ccc(C(=O)NO)cc2)c2cccc(C(F)(F)F)c2)C[C@H](C)N1Cc1ccccc1. The van der Waals surface area contributed by atoms with E-state index < -0.39 is 23.7 Å². The maximum atomic E-state index is 13.9. The molecule has 10 heteroatoms. The number of amides is 3. The molecule has 3 aromatic rings. The predicted molar refractivity (Wildman–Crippen MR) is 141 cm³/mol. The van der Waals surface area contributed by atoms with E-state index in [1.807, 2.05) is 37.3 Å². The Bertz CT molecular complexity index is 1330. The number of nitrogens with one attached hydrogen (secondary N) is 1. The molecule has 2 N–H and O–H groups in total. The second kappa shape index (κ2) is 11.6. The summed E-state index contributed by atoms with van der Waals surface area (Å²) in [6, 6.07) is 20.1. The molecule has 7 nitrogen and oxygen atoms in total. The lowest BCUT2D eigenvalue weighted by molar-refractivity contribution is -0.137. The van der Waals surface area contributed by atoms with E-state index in [2.05, 4.69) is 11.5 Å². The van der Waals surface area contributed by atoms with Crippen LogP contribution in [0.5, 0.6) is 0 Å². The Kier molecular flexibility index (Phi) is 8.25. The Hall–Kier alpha value is -4.31. The quantitative estimate of drug-likeness (QED) is 0.313. The highest BCUT2D eigenvalue weighted by molar-refractivity contribution is 5.94. The molecule has 0 spiro atoms. The van der Waals surface area contributed by atoms with Gasteiger partial charge in [-0.2, -0.15) is 13.2 Å². The molecule has 204 valence electrons. The van der Waals surface area contributed by atoms with Crippen molar-refractivity contribution >= 4 is 17.6 Å². The number of rotatable bonds is 6. The van der Waals surface area contributed by atoms with Crippen LogP contribution in [0.15, 0.2) is 91.1 Å². The summed E-state index contributed by atoms with van der Waals surface area (Å²) in [5, 5.41) is 8.84. The van der Waals surface area contributed by atoms with Gasteiger partial charge in [-0.1, -0.05) is 55.1 Å². The third-order valence-electron chi connectivity index (χ3n) is 6.64. The van der Waals surface area contributed by atoms with Gasteiger partial charge in [-0.05, 0) is 48.4 Å². The smallest absolute Gasteiger partial charge is 0.365 e. The fraction of sp³-hybridized carbons (Fsp3) is 0.241. The van der Waals surface area contributed by atoms with E-state index >= 15 is 0 Å². The molecule has 1 atom stereocenters. The summed E-state index contributed by atoms with van der Waals surface area (Å²) in [5.74, 6) is -0.701. The van der Waals surface area contributed by atoms with Gasteiger partial charge in [-0.25, -0.2) is 10.3 Å². The molecule has 0 radical (unpaired) electrons. The van der Waals surface area contributed by atoms with Crippen molar-refractivity contribution in [3.05, 3.63) is 113 Å². The zero-order chi connectivity index (χ0) is 28.2. The molecule has 0 unspecified atom stereocenters. The summed E-state index contributed by atoms with van der Waals surface area (Å²) in [5.41, 5.74) is 3.40. The van der Waals surface area contributed by atoms with E-state index in [-0.39, 0.29) is 30.4 Å². The van der Waals surface area contributed by atoms with E-state index in [0.29, 0.717) is 18.7 Å². The first-order valence-electron chi connectivity index (χ1n) is 12.3. The molecule has 0 aliphatic carbocycles. The Balaban J connectivity index is 1.60. The van der Waals surface area contributed by atoms with Crippen LogP contribution in [0.4, 0.5) is 23.7 Å². The lowest BCUT2D eigenvalue weighted by Gasteiger charge is -2.44. The first-order chi connectivity index (χ1) is 18.6. The van der Waals surface area contributed by atoms with Crippen molar-refractivity contribution < 1.29 is 28.0 Å². The number of carbonyl (C=O) groups excluding carboxylic acids is 2. The van der Waals surface area contributed by atoms with Crippen LogP contribution in [-0.2, 0) is 19.3 Å². The zero-order valence-corrected chi connectivity index (χ0v) is 21.4. The fourth-order valence-corrected chi connectivity index (χ4v) is 4.60. The Morgan fingerprint density at radius 2 is 1.72 bits per heavy atom. The molecule has 0 bridgehead atoms. The van der Waals surface area contributed by atoms with Crippen LogP contribution in [0.2, 0.25) is 0 Å². The van der Waals surface area contributed by atoms with Crippen molar-refractivity contribution in [3.63, 3.8) is 0 Å². The summed E-state index contributed by atoms with van der Waals surface area (Å²) in [4.78, 5) is 30.5. The van der Waals surface area contributed by atoms with Gasteiger partial charge in [0.2, 0.25) is 0 Å². The Morgan fingerprint density at radius 1 is 1.03 bits per heavy atom. The normalized spacial score (nSPS) is 15.7. The first-order valence-corrected chi connectivity index (χ1v) is 12.3. The van der Waals surface area contributed by atoms with Gasteiger partial charge in [0.1, 0.15) is 0 Å². The summed E-state index contributed by atoms with van der Waals surface area (Å²) in [7, 11) is 0. The minimum Gasteiger partial charge on any atom is -0.365 e. The largest absolute Gasteiger partial charge is 0.416 e. The maximum absolute atomic E-state index is 13.9. The van der Waals surface area contributed by atoms with Gasteiger partial charge < -0.3 is 9.80 Å². The molecular formula is C29H29F3N4O3. The number of hydrogen-bond acceptors (Lipinski definition) is 4. The predicted octanol–water partition coefficient (Wildman–Crippen LogP) is 5.67. The monoisotopic (exact) mass is 538 g/mol. The number of halogens is 3. The molecule has 1 aliphatic heterocycles. The Morgan fingerprint density at radius 3 is 2.33 bits per heavy atom. The number of hydrogen-bond donors (Lipinski definition) is 2. The number of carbonyl (C=O) groups is 2.